The SMILES string of the molecule is O=C(CC1CCNCC1Cc1cc(CN2CCN(c3ccccc3)CC2)on1)N1CCCCC1. The Hall–Kier alpha value is -2.38. The lowest BCUT2D eigenvalue weighted by Crippen LogP contribution is -2.45. The number of aromatic nitrogens is 1. The number of piperazine rings is 1. The standard InChI is InChI=1S/C27H39N5O2/c33-27(32-11-5-2-6-12-32)18-22-9-10-28-20-23(22)17-24-19-26(34-29-24)21-30-13-15-31(16-14-30)25-7-3-1-4-8-25/h1,3-4,7-8,19,22-23,28H,2,5-6,9-18,20-21H2. The molecule has 1 aromatic heterocycles. The van der Waals surface area contributed by atoms with E-state index in [4.69, 9.17) is 4.52 Å². The largest absolute Gasteiger partial charge is 0.369 e. The average Bonchev–Trinajstić information content (AvgIpc) is 3.33. The van der Waals surface area contributed by atoms with E-state index >= 15 is 0 Å². The molecule has 3 aliphatic rings. The zero-order valence-corrected chi connectivity index (χ0v) is 20.3. The molecule has 2 atom stereocenters. The Balaban J connectivity index is 1.11. The van der Waals surface area contributed by atoms with Gasteiger partial charge in [0, 0.05) is 57.4 Å². The summed E-state index contributed by atoms with van der Waals surface area (Å²) in [6.07, 6.45) is 6.21. The summed E-state index contributed by atoms with van der Waals surface area (Å²) in [4.78, 5) is 19.9. The molecule has 2 unspecified atom stereocenters. The quantitative estimate of drug-likeness (QED) is 0.678. The van der Waals surface area contributed by atoms with Crippen LogP contribution >= 0.6 is 0 Å². The molecule has 4 heterocycles. The fourth-order valence-corrected chi connectivity index (χ4v) is 5.80. The lowest BCUT2D eigenvalue weighted by molar-refractivity contribution is -0.133. The van der Waals surface area contributed by atoms with E-state index in [1.165, 1.54) is 12.1 Å². The zero-order chi connectivity index (χ0) is 23.2. The zero-order valence-electron chi connectivity index (χ0n) is 20.3. The van der Waals surface area contributed by atoms with Crippen LogP contribution in [0.15, 0.2) is 40.9 Å². The van der Waals surface area contributed by atoms with Crippen molar-refractivity contribution >= 4 is 11.6 Å². The highest BCUT2D eigenvalue weighted by atomic mass is 16.5. The number of carbonyl (C=O) groups is 1. The summed E-state index contributed by atoms with van der Waals surface area (Å²) in [6, 6.07) is 12.8. The summed E-state index contributed by atoms with van der Waals surface area (Å²) in [6.45, 7) is 8.79. The number of para-hydroxylation sites is 1. The molecular formula is C27H39N5O2. The van der Waals surface area contributed by atoms with Crippen LogP contribution in [0, 0.1) is 11.8 Å². The number of piperidine rings is 2. The Morgan fingerprint density at radius 2 is 1.79 bits per heavy atom. The number of nitrogens with zero attached hydrogens (tertiary/aromatic N) is 4. The van der Waals surface area contributed by atoms with Crippen molar-refractivity contribution in [2.45, 2.75) is 45.1 Å². The third kappa shape index (κ3) is 5.99. The second-order valence-corrected chi connectivity index (χ2v) is 10.2. The third-order valence-electron chi connectivity index (χ3n) is 7.86. The van der Waals surface area contributed by atoms with Crippen molar-refractivity contribution < 1.29 is 9.32 Å². The Morgan fingerprint density at radius 3 is 2.59 bits per heavy atom. The van der Waals surface area contributed by atoms with E-state index in [1.807, 2.05) is 0 Å². The summed E-state index contributed by atoms with van der Waals surface area (Å²) in [5, 5.41) is 7.94. The highest BCUT2D eigenvalue weighted by Crippen LogP contribution is 2.28. The molecular weight excluding hydrogens is 426 g/mol. The van der Waals surface area contributed by atoms with Crippen molar-refractivity contribution in [3.05, 3.63) is 47.9 Å². The second kappa shape index (κ2) is 11.4. The van der Waals surface area contributed by atoms with Crippen LogP contribution < -0.4 is 10.2 Å². The van der Waals surface area contributed by atoms with E-state index < -0.39 is 0 Å². The topological polar surface area (TPSA) is 64.9 Å². The Bertz CT molecular complexity index is 903. The first-order valence-electron chi connectivity index (χ1n) is 13.2. The van der Waals surface area contributed by atoms with Crippen molar-refractivity contribution in [2.24, 2.45) is 11.8 Å². The van der Waals surface area contributed by atoms with Crippen LogP contribution in [0.3, 0.4) is 0 Å². The molecule has 3 aliphatic heterocycles. The van der Waals surface area contributed by atoms with Gasteiger partial charge in [-0.1, -0.05) is 23.4 Å². The minimum atomic E-state index is 0.354. The van der Waals surface area contributed by atoms with Crippen LogP contribution in [0.5, 0.6) is 0 Å². The van der Waals surface area contributed by atoms with E-state index in [2.05, 4.69) is 61.6 Å². The minimum Gasteiger partial charge on any atom is -0.369 e. The van der Waals surface area contributed by atoms with Gasteiger partial charge in [-0.3, -0.25) is 9.69 Å². The molecule has 7 heteroatoms. The van der Waals surface area contributed by atoms with Crippen LogP contribution in [0.2, 0.25) is 0 Å². The van der Waals surface area contributed by atoms with Crippen molar-refractivity contribution in [3.63, 3.8) is 0 Å². The normalized spacial score (nSPS) is 24.4. The number of anilines is 1. The molecule has 0 saturated carbocycles. The first-order chi connectivity index (χ1) is 16.7. The van der Waals surface area contributed by atoms with Crippen molar-refractivity contribution in [1.82, 2.24) is 20.3 Å². The summed E-state index contributed by atoms with van der Waals surface area (Å²) in [5.74, 6) is 2.18. The lowest BCUT2D eigenvalue weighted by Gasteiger charge is -2.35. The number of carbonyl (C=O) groups excluding carboxylic acids is 1. The molecule has 0 bridgehead atoms. The predicted molar refractivity (Wildman–Crippen MR) is 134 cm³/mol. The highest BCUT2D eigenvalue weighted by Gasteiger charge is 2.30. The Labute approximate surface area is 203 Å². The number of amides is 1. The predicted octanol–water partition coefficient (Wildman–Crippen LogP) is 3.17. The number of hydrogen-bond donors (Lipinski definition) is 1. The molecule has 3 fully saturated rings. The number of nitrogens with one attached hydrogen (secondary N) is 1. The highest BCUT2D eigenvalue weighted by molar-refractivity contribution is 5.76. The van der Waals surface area contributed by atoms with Crippen LogP contribution in [0.25, 0.3) is 0 Å². The van der Waals surface area contributed by atoms with Gasteiger partial charge >= 0.3 is 0 Å². The molecule has 0 radical (unpaired) electrons. The van der Waals surface area contributed by atoms with Gasteiger partial charge in [-0.2, -0.15) is 0 Å². The first kappa shape index (κ1) is 23.4. The van der Waals surface area contributed by atoms with E-state index in [0.717, 1.165) is 96.0 Å². The number of benzene rings is 1. The van der Waals surface area contributed by atoms with Gasteiger partial charge in [-0.05, 0) is 69.2 Å². The summed E-state index contributed by atoms with van der Waals surface area (Å²) in [5.41, 5.74) is 2.33. The molecule has 1 amide bonds. The molecule has 184 valence electrons. The fourth-order valence-electron chi connectivity index (χ4n) is 5.80. The van der Waals surface area contributed by atoms with Crippen LogP contribution in [-0.4, -0.2) is 73.2 Å². The second-order valence-electron chi connectivity index (χ2n) is 10.2. The molecule has 0 spiro atoms. The number of hydrogen-bond acceptors (Lipinski definition) is 6. The van der Waals surface area contributed by atoms with Crippen LogP contribution in [-0.2, 0) is 17.8 Å². The van der Waals surface area contributed by atoms with Crippen LogP contribution in [0.4, 0.5) is 5.69 Å². The van der Waals surface area contributed by atoms with Crippen molar-refractivity contribution in [2.75, 3.05) is 57.3 Å². The molecule has 1 N–H and O–H groups in total. The Kier molecular flexibility index (Phi) is 7.81. The maximum absolute atomic E-state index is 12.9. The third-order valence-corrected chi connectivity index (χ3v) is 7.86. The minimum absolute atomic E-state index is 0.354. The summed E-state index contributed by atoms with van der Waals surface area (Å²) in [7, 11) is 0. The van der Waals surface area contributed by atoms with Crippen molar-refractivity contribution in [3.8, 4) is 0 Å². The molecule has 7 nitrogen and oxygen atoms in total. The van der Waals surface area contributed by atoms with Crippen molar-refractivity contribution in [1.29, 1.82) is 0 Å². The van der Waals surface area contributed by atoms with Gasteiger partial charge in [0.25, 0.3) is 0 Å². The Morgan fingerprint density at radius 1 is 1.00 bits per heavy atom. The van der Waals surface area contributed by atoms with Gasteiger partial charge < -0.3 is 19.6 Å². The molecule has 5 rings (SSSR count). The fraction of sp³-hybridized carbons (Fsp3) is 0.630. The maximum atomic E-state index is 12.9. The molecule has 0 aliphatic carbocycles. The summed E-state index contributed by atoms with van der Waals surface area (Å²) >= 11 is 0. The molecule has 3 saturated heterocycles. The summed E-state index contributed by atoms with van der Waals surface area (Å²) < 4.78 is 5.73. The average molecular weight is 466 g/mol. The van der Waals surface area contributed by atoms with Gasteiger partial charge in [0.2, 0.25) is 5.91 Å². The number of rotatable bonds is 7. The monoisotopic (exact) mass is 465 g/mol. The van der Waals surface area contributed by atoms with Gasteiger partial charge in [-0.15, -0.1) is 0 Å². The van der Waals surface area contributed by atoms with E-state index in [0.29, 0.717) is 24.2 Å². The van der Waals surface area contributed by atoms with Gasteiger partial charge in [0.15, 0.2) is 5.76 Å². The van der Waals surface area contributed by atoms with Gasteiger partial charge in [0.1, 0.15) is 0 Å². The lowest BCUT2D eigenvalue weighted by atomic mass is 9.81. The number of likely N-dealkylation sites (tertiary alicyclic amines) is 1. The smallest absolute Gasteiger partial charge is 0.222 e. The van der Waals surface area contributed by atoms with Gasteiger partial charge in [-0.25, -0.2) is 0 Å². The first-order valence-corrected chi connectivity index (χ1v) is 13.2. The van der Waals surface area contributed by atoms with E-state index in [1.54, 1.807) is 0 Å². The van der Waals surface area contributed by atoms with Gasteiger partial charge in [0.05, 0.1) is 12.2 Å². The maximum Gasteiger partial charge on any atom is 0.222 e. The molecule has 34 heavy (non-hydrogen) atoms. The van der Waals surface area contributed by atoms with E-state index in [-0.39, 0.29) is 0 Å². The van der Waals surface area contributed by atoms with Crippen LogP contribution in [0.1, 0.15) is 43.6 Å². The molecule has 1 aromatic carbocycles. The van der Waals surface area contributed by atoms with E-state index in [9.17, 15) is 4.79 Å². The molecule has 2 aromatic rings.